The Balaban J connectivity index is 1.84. The van der Waals surface area contributed by atoms with Crippen LogP contribution in [0, 0.1) is 0 Å². The van der Waals surface area contributed by atoms with Crippen molar-refractivity contribution in [2.75, 3.05) is 0 Å². The van der Waals surface area contributed by atoms with E-state index in [2.05, 4.69) is 0 Å². The summed E-state index contributed by atoms with van der Waals surface area (Å²) in [5.41, 5.74) is 5.47. The van der Waals surface area contributed by atoms with Crippen LogP contribution in [-0.2, 0) is 14.1 Å². The quantitative estimate of drug-likeness (QED) is 0.484. The molecule has 0 radical (unpaired) electrons. The summed E-state index contributed by atoms with van der Waals surface area (Å²) in [5, 5.41) is 0. The molecule has 0 N–H and O–H groups in total. The number of carbonyl (C=O) groups is 1. The van der Waals surface area contributed by atoms with Crippen molar-refractivity contribution >= 4 is 5.78 Å². The molecule has 0 aliphatic heterocycles. The Morgan fingerprint density at radius 2 is 1.00 bits per heavy atom. The van der Waals surface area contributed by atoms with Crippen LogP contribution in [0.2, 0.25) is 0 Å². The van der Waals surface area contributed by atoms with Crippen molar-refractivity contribution in [3.8, 4) is 22.3 Å². The van der Waals surface area contributed by atoms with Crippen LogP contribution in [0.3, 0.4) is 0 Å². The minimum absolute atomic E-state index is 0.0453. The number of aryl methyl sites for hydroxylation is 2. The first-order chi connectivity index (χ1) is 12.6. The van der Waals surface area contributed by atoms with E-state index in [1.165, 1.54) is 0 Å². The summed E-state index contributed by atoms with van der Waals surface area (Å²) in [4.78, 5) is 13.4. The number of hydrogen-bond acceptors (Lipinski definition) is 1. The molecule has 2 heterocycles. The largest absolute Gasteiger partial charge is 0.356 e. The van der Waals surface area contributed by atoms with Crippen molar-refractivity contribution in [2.45, 2.75) is 0 Å². The molecule has 3 heteroatoms. The van der Waals surface area contributed by atoms with E-state index in [-0.39, 0.29) is 5.78 Å². The first-order valence-corrected chi connectivity index (χ1v) is 8.61. The molecule has 0 unspecified atom stereocenters. The lowest BCUT2D eigenvalue weighted by Crippen LogP contribution is -2.02. The normalized spacial score (nSPS) is 10.8. The Kier molecular flexibility index (Phi) is 4.05. The fraction of sp³-hybridized carbons (Fsp3) is 0.0870. The predicted octanol–water partition coefficient (Wildman–Crippen LogP) is 4.93. The topological polar surface area (TPSA) is 26.9 Å². The van der Waals surface area contributed by atoms with E-state index in [4.69, 9.17) is 0 Å². The van der Waals surface area contributed by atoms with Gasteiger partial charge in [-0.2, -0.15) is 0 Å². The van der Waals surface area contributed by atoms with Gasteiger partial charge in [-0.3, -0.25) is 4.79 Å². The van der Waals surface area contributed by atoms with Gasteiger partial charge in [-0.25, -0.2) is 0 Å². The van der Waals surface area contributed by atoms with Crippen LogP contribution in [0.1, 0.15) is 15.9 Å². The monoisotopic (exact) mass is 340 g/mol. The Hall–Kier alpha value is -3.33. The Morgan fingerprint density at radius 1 is 0.615 bits per heavy atom. The van der Waals surface area contributed by atoms with Gasteiger partial charge in [0.1, 0.15) is 0 Å². The smallest absolute Gasteiger partial charge is 0.197 e. The number of ketones is 1. The molecular weight excluding hydrogens is 320 g/mol. The van der Waals surface area contributed by atoms with Crippen LogP contribution in [0.15, 0.2) is 85.5 Å². The van der Waals surface area contributed by atoms with Crippen molar-refractivity contribution in [1.82, 2.24) is 9.13 Å². The lowest BCUT2D eigenvalue weighted by Gasteiger charge is -2.05. The maximum absolute atomic E-state index is 13.4. The summed E-state index contributed by atoms with van der Waals surface area (Å²) in [7, 11) is 3.90. The molecule has 0 atom stereocenters. The molecule has 0 bridgehead atoms. The highest BCUT2D eigenvalue weighted by molar-refractivity contribution is 6.16. The van der Waals surface area contributed by atoms with E-state index in [1.54, 1.807) is 0 Å². The van der Waals surface area contributed by atoms with Gasteiger partial charge in [-0.1, -0.05) is 60.7 Å². The summed E-state index contributed by atoms with van der Waals surface area (Å²) < 4.78 is 3.89. The molecule has 2 aromatic heterocycles. The molecule has 0 spiro atoms. The van der Waals surface area contributed by atoms with Crippen molar-refractivity contribution < 1.29 is 4.79 Å². The van der Waals surface area contributed by atoms with Gasteiger partial charge in [0.25, 0.3) is 0 Å². The van der Waals surface area contributed by atoms with E-state index < -0.39 is 0 Å². The summed E-state index contributed by atoms with van der Waals surface area (Å²) in [6.45, 7) is 0. The third-order valence-corrected chi connectivity index (χ3v) is 4.57. The molecule has 2 aromatic carbocycles. The van der Waals surface area contributed by atoms with Crippen LogP contribution >= 0.6 is 0 Å². The van der Waals surface area contributed by atoms with Gasteiger partial charge in [0, 0.05) is 61.1 Å². The van der Waals surface area contributed by atoms with Crippen LogP contribution in [0.25, 0.3) is 22.3 Å². The first-order valence-electron chi connectivity index (χ1n) is 8.61. The Labute approximate surface area is 153 Å². The van der Waals surface area contributed by atoms with E-state index >= 15 is 0 Å². The number of benzene rings is 2. The standard InChI is InChI=1S/C23H20N2O/c1-24-13-19(17-9-5-3-6-10-17)21(15-24)23(26)22-16-25(2)14-20(22)18-11-7-4-8-12-18/h3-16H,1-2H3. The molecule has 0 aliphatic carbocycles. The fourth-order valence-corrected chi connectivity index (χ4v) is 3.37. The summed E-state index contributed by atoms with van der Waals surface area (Å²) in [5.74, 6) is 0.0453. The highest BCUT2D eigenvalue weighted by Crippen LogP contribution is 2.31. The van der Waals surface area contributed by atoms with Crippen molar-refractivity contribution in [1.29, 1.82) is 0 Å². The van der Waals surface area contributed by atoms with Crippen LogP contribution in [-0.4, -0.2) is 14.9 Å². The lowest BCUT2D eigenvalue weighted by atomic mass is 9.95. The second kappa shape index (κ2) is 6.52. The maximum Gasteiger partial charge on any atom is 0.197 e. The third-order valence-electron chi connectivity index (χ3n) is 4.57. The minimum Gasteiger partial charge on any atom is -0.356 e. The van der Waals surface area contributed by atoms with Gasteiger partial charge in [0.05, 0.1) is 0 Å². The summed E-state index contributed by atoms with van der Waals surface area (Å²) in [6.07, 6.45) is 7.83. The van der Waals surface area contributed by atoms with Gasteiger partial charge in [-0.15, -0.1) is 0 Å². The van der Waals surface area contributed by atoms with E-state index in [9.17, 15) is 4.79 Å². The summed E-state index contributed by atoms with van der Waals surface area (Å²) in [6, 6.07) is 20.1. The highest BCUT2D eigenvalue weighted by atomic mass is 16.1. The van der Waals surface area contributed by atoms with E-state index in [0.717, 1.165) is 33.4 Å². The molecule has 128 valence electrons. The van der Waals surface area contributed by atoms with Gasteiger partial charge in [-0.05, 0) is 11.1 Å². The van der Waals surface area contributed by atoms with Crippen molar-refractivity contribution in [2.24, 2.45) is 14.1 Å². The number of carbonyl (C=O) groups excluding carboxylic acids is 1. The van der Waals surface area contributed by atoms with Crippen LogP contribution < -0.4 is 0 Å². The van der Waals surface area contributed by atoms with Gasteiger partial charge in [0.15, 0.2) is 5.78 Å². The van der Waals surface area contributed by atoms with Crippen molar-refractivity contribution in [3.63, 3.8) is 0 Å². The molecule has 0 fully saturated rings. The van der Waals surface area contributed by atoms with E-state index in [0.29, 0.717) is 0 Å². The van der Waals surface area contributed by atoms with Crippen LogP contribution in [0.4, 0.5) is 0 Å². The number of rotatable bonds is 4. The highest BCUT2D eigenvalue weighted by Gasteiger charge is 2.21. The molecule has 0 saturated heterocycles. The Bertz CT molecular complexity index is 971. The lowest BCUT2D eigenvalue weighted by molar-refractivity contribution is 0.104. The molecular formula is C23H20N2O. The number of hydrogen-bond donors (Lipinski definition) is 0. The fourth-order valence-electron chi connectivity index (χ4n) is 3.37. The van der Waals surface area contributed by atoms with Gasteiger partial charge < -0.3 is 9.13 Å². The molecule has 4 rings (SSSR count). The molecule has 4 aromatic rings. The average molecular weight is 340 g/mol. The number of aromatic nitrogens is 2. The zero-order chi connectivity index (χ0) is 18.1. The molecule has 0 aliphatic rings. The summed E-state index contributed by atoms with van der Waals surface area (Å²) >= 11 is 0. The maximum atomic E-state index is 13.4. The molecule has 0 saturated carbocycles. The van der Waals surface area contributed by atoms with Crippen molar-refractivity contribution in [3.05, 3.63) is 96.6 Å². The minimum atomic E-state index is 0.0453. The zero-order valence-corrected chi connectivity index (χ0v) is 14.9. The second-order valence-electron chi connectivity index (χ2n) is 6.56. The number of nitrogens with zero attached hydrogens (tertiary/aromatic N) is 2. The average Bonchev–Trinajstić information content (AvgIpc) is 3.25. The third kappa shape index (κ3) is 2.88. The predicted molar refractivity (Wildman–Crippen MR) is 105 cm³/mol. The molecule has 3 nitrogen and oxygen atoms in total. The van der Waals surface area contributed by atoms with E-state index in [1.807, 2.05) is 109 Å². The SMILES string of the molecule is Cn1cc(C(=O)c2cn(C)cc2-c2ccccc2)c(-c2ccccc2)c1. The zero-order valence-electron chi connectivity index (χ0n) is 14.9. The Morgan fingerprint density at radius 3 is 1.38 bits per heavy atom. The van der Waals surface area contributed by atoms with Gasteiger partial charge in [0.2, 0.25) is 0 Å². The molecule has 26 heavy (non-hydrogen) atoms. The van der Waals surface area contributed by atoms with Crippen LogP contribution in [0.5, 0.6) is 0 Å². The second-order valence-corrected chi connectivity index (χ2v) is 6.56. The molecule has 0 amide bonds. The van der Waals surface area contributed by atoms with Gasteiger partial charge >= 0.3 is 0 Å². The first kappa shape index (κ1) is 16.2.